The smallest absolute Gasteiger partial charge is 0.422 e. The number of aliphatic imine (C=N–C) groups is 1. The van der Waals surface area contributed by atoms with E-state index in [-0.39, 0.29) is 35.9 Å². The van der Waals surface area contributed by atoms with Crippen molar-refractivity contribution in [3.05, 3.63) is 23.9 Å². The van der Waals surface area contributed by atoms with Crippen LogP contribution >= 0.6 is 24.0 Å². The molecule has 1 unspecified atom stereocenters. The van der Waals surface area contributed by atoms with Gasteiger partial charge in [-0.05, 0) is 51.9 Å². The molecule has 0 saturated heterocycles. The molecule has 1 atom stereocenters. The summed E-state index contributed by atoms with van der Waals surface area (Å²) in [5.41, 5.74) is 0.788. The number of aromatic nitrogens is 1. The number of halogens is 4. The zero-order valence-corrected chi connectivity index (χ0v) is 20.6. The molecule has 0 radical (unpaired) electrons. The standard InChI is InChI=1S/C20H34F3N5O.HI/c1-5-24-19(27-16(4)9-8-12-28(6-2)7-3)26-14-17-10-11-18(25-13-17)29-15-20(21,22)23;/h10-11,13,16H,5-9,12,14-15H2,1-4H3,(H2,24,26,27);1H. The third kappa shape index (κ3) is 13.1. The summed E-state index contributed by atoms with van der Waals surface area (Å²) in [4.78, 5) is 10.8. The highest BCUT2D eigenvalue weighted by atomic mass is 127. The summed E-state index contributed by atoms with van der Waals surface area (Å²) in [6.45, 7) is 11.4. The molecule has 0 amide bonds. The molecular formula is C20H35F3IN5O. The summed E-state index contributed by atoms with van der Waals surface area (Å²) < 4.78 is 41.1. The number of ether oxygens (including phenoxy) is 1. The summed E-state index contributed by atoms with van der Waals surface area (Å²) in [6, 6.07) is 3.37. The number of hydrogen-bond donors (Lipinski definition) is 2. The van der Waals surface area contributed by atoms with Gasteiger partial charge in [-0.25, -0.2) is 9.98 Å². The predicted molar refractivity (Wildman–Crippen MR) is 126 cm³/mol. The number of pyridine rings is 1. The third-order valence-corrected chi connectivity index (χ3v) is 4.33. The van der Waals surface area contributed by atoms with Crippen molar-refractivity contribution in [3.8, 4) is 5.88 Å². The second-order valence-corrected chi connectivity index (χ2v) is 6.82. The van der Waals surface area contributed by atoms with Crippen molar-refractivity contribution in [3.63, 3.8) is 0 Å². The molecular weight excluding hydrogens is 510 g/mol. The highest BCUT2D eigenvalue weighted by molar-refractivity contribution is 14.0. The van der Waals surface area contributed by atoms with E-state index in [1.54, 1.807) is 6.07 Å². The molecule has 0 saturated carbocycles. The summed E-state index contributed by atoms with van der Waals surface area (Å²) in [6.07, 6.45) is -0.752. The maximum Gasteiger partial charge on any atom is 0.422 e. The van der Waals surface area contributed by atoms with Gasteiger partial charge in [0.05, 0.1) is 6.54 Å². The van der Waals surface area contributed by atoms with E-state index >= 15 is 0 Å². The van der Waals surface area contributed by atoms with E-state index in [1.807, 2.05) is 6.92 Å². The fraction of sp³-hybridized carbons (Fsp3) is 0.700. The monoisotopic (exact) mass is 545 g/mol. The van der Waals surface area contributed by atoms with Gasteiger partial charge in [0.25, 0.3) is 0 Å². The van der Waals surface area contributed by atoms with Crippen LogP contribution in [-0.2, 0) is 6.54 Å². The molecule has 0 bridgehead atoms. The lowest BCUT2D eigenvalue weighted by molar-refractivity contribution is -0.154. The van der Waals surface area contributed by atoms with Crippen molar-refractivity contribution < 1.29 is 17.9 Å². The van der Waals surface area contributed by atoms with Crippen LogP contribution in [0.5, 0.6) is 5.88 Å². The van der Waals surface area contributed by atoms with Gasteiger partial charge < -0.3 is 20.3 Å². The molecule has 1 heterocycles. The Morgan fingerprint density at radius 3 is 2.47 bits per heavy atom. The first-order valence-corrected chi connectivity index (χ1v) is 10.2. The van der Waals surface area contributed by atoms with Crippen molar-refractivity contribution >= 4 is 29.9 Å². The van der Waals surface area contributed by atoms with Crippen molar-refractivity contribution in [2.45, 2.75) is 59.3 Å². The zero-order chi connectivity index (χ0) is 21.7. The maximum absolute atomic E-state index is 12.2. The first-order valence-electron chi connectivity index (χ1n) is 10.2. The lowest BCUT2D eigenvalue weighted by atomic mass is 10.2. The fourth-order valence-corrected chi connectivity index (χ4v) is 2.70. The largest absolute Gasteiger partial charge is 0.468 e. The minimum atomic E-state index is -4.38. The maximum atomic E-state index is 12.2. The highest BCUT2D eigenvalue weighted by Crippen LogP contribution is 2.17. The van der Waals surface area contributed by atoms with E-state index in [9.17, 15) is 13.2 Å². The normalized spacial score (nSPS) is 13.0. The Labute approximate surface area is 195 Å². The minimum absolute atomic E-state index is 0. The molecule has 2 N–H and O–H groups in total. The number of hydrogen-bond acceptors (Lipinski definition) is 4. The Morgan fingerprint density at radius 2 is 1.93 bits per heavy atom. The SMILES string of the molecule is CCNC(=NCc1ccc(OCC(F)(F)F)nc1)NC(C)CCCN(CC)CC.I. The molecule has 1 rings (SSSR count). The van der Waals surface area contributed by atoms with Gasteiger partial charge >= 0.3 is 6.18 Å². The third-order valence-electron chi connectivity index (χ3n) is 4.33. The number of alkyl halides is 3. The van der Waals surface area contributed by atoms with Gasteiger partial charge in [0.1, 0.15) is 0 Å². The van der Waals surface area contributed by atoms with Gasteiger partial charge in [-0.15, -0.1) is 24.0 Å². The fourth-order valence-electron chi connectivity index (χ4n) is 2.70. The van der Waals surface area contributed by atoms with E-state index in [2.05, 4.69) is 51.0 Å². The van der Waals surface area contributed by atoms with Crippen molar-refractivity contribution in [1.29, 1.82) is 0 Å². The quantitative estimate of drug-likeness (QED) is 0.234. The topological polar surface area (TPSA) is 61.8 Å². The Balaban J connectivity index is 0.00000841. The van der Waals surface area contributed by atoms with Crippen molar-refractivity contribution in [2.24, 2.45) is 4.99 Å². The van der Waals surface area contributed by atoms with Crippen LogP contribution in [0.4, 0.5) is 13.2 Å². The molecule has 10 heteroatoms. The Kier molecular flexibility index (Phi) is 14.8. The average Bonchev–Trinajstić information content (AvgIpc) is 2.68. The van der Waals surface area contributed by atoms with Crippen LogP contribution < -0.4 is 15.4 Å². The molecule has 0 aliphatic rings. The summed E-state index contributed by atoms with van der Waals surface area (Å²) >= 11 is 0. The Bertz CT molecular complexity index is 595. The molecule has 30 heavy (non-hydrogen) atoms. The van der Waals surface area contributed by atoms with Crippen LogP contribution in [0.25, 0.3) is 0 Å². The first-order chi connectivity index (χ1) is 13.8. The lowest BCUT2D eigenvalue weighted by Crippen LogP contribution is -2.42. The first kappa shape index (κ1) is 28.7. The number of rotatable bonds is 12. The Hall–Kier alpha value is -1.30. The van der Waals surface area contributed by atoms with E-state index < -0.39 is 12.8 Å². The molecule has 0 aliphatic carbocycles. The van der Waals surface area contributed by atoms with Gasteiger partial charge in [-0.2, -0.15) is 13.2 Å². The van der Waals surface area contributed by atoms with Crippen LogP contribution in [0.2, 0.25) is 0 Å². The van der Waals surface area contributed by atoms with Crippen molar-refractivity contribution in [2.75, 3.05) is 32.8 Å². The van der Waals surface area contributed by atoms with Crippen molar-refractivity contribution in [1.82, 2.24) is 20.5 Å². The predicted octanol–water partition coefficient (Wildman–Crippen LogP) is 4.21. The van der Waals surface area contributed by atoms with Gasteiger partial charge in [0.15, 0.2) is 12.6 Å². The molecule has 6 nitrogen and oxygen atoms in total. The van der Waals surface area contributed by atoms with Crippen LogP contribution in [0.1, 0.15) is 46.1 Å². The van der Waals surface area contributed by atoms with Gasteiger partial charge in [-0.3, -0.25) is 0 Å². The minimum Gasteiger partial charge on any atom is -0.468 e. The van der Waals surface area contributed by atoms with Crippen LogP contribution in [0, 0.1) is 0 Å². The Morgan fingerprint density at radius 1 is 1.23 bits per heavy atom. The van der Waals surface area contributed by atoms with E-state index in [4.69, 9.17) is 0 Å². The lowest BCUT2D eigenvalue weighted by Gasteiger charge is -2.21. The summed E-state index contributed by atoms with van der Waals surface area (Å²) in [7, 11) is 0. The highest BCUT2D eigenvalue weighted by Gasteiger charge is 2.28. The molecule has 174 valence electrons. The molecule has 0 aliphatic heterocycles. The van der Waals surface area contributed by atoms with Crippen LogP contribution in [0.15, 0.2) is 23.3 Å². The molecule has 1 aromatic rings. The van der Waals surface area contributed by atoms with Gasteiger partial charge in [0, 0.05) is 24.8 Å². The molecule has 1 aromatic heterocycles. The number of guanidine groups is 1. The number of nitrogens with zero attached hydrogens (tertiary/aromatic N) is 3. The van der Waals surface area contributed by atoms with E-state index in [1.165, 1.54) is 12.3 Å². The van der Waals surface area contributed by atoms with Crippen LogP contribution in [0.3, 0.4) is 0 Å². The second-order valence-electron chi connectivity index (χ2n) is 6.82. The molecule has 0 spiro atoms. The molecule has 0 fully saturated rings. The van der Waals surface area contributed by atoms with Gasteiger partial charge in [-0.1, -0.05) is 19.9 Å². The molecule has 0 aromatic carbocycles. The van der Waals surface area contributed by atoms with Crippen LogP contribution in [-0.4, -0.2) is 60.8 Å². The second kappa shape index (κ2) is 15.5. The van der Waals surface area contributed by atoms with Gasteiger partial charge in [0.2, 0.25) is 5.88 Å². The van der Waals surface area contributed by atoms with E-state index in [0.29, 0.717) is 12.5 Å². The average molecular weight is 545 g/mol. The summed E-state index contributed by atoms with van der Waals surface area (Å²) in [5.74, 6) is 0.655. The zero-order valence-electron chi connectivity index (χ0n) is 18.3. The van der Waals surface area contributed by atoms with E-state index in [0.717, 1.165) is 44.6 Å². The summed E-state index contributed by atoms with van der Waals surface area (Å²) in [5, 5.41) is 6.61. The number of nitrogens with one attached hydrogen (secondary N) is 2.